The van der Waals surface area contributed by atoms with Gasteiger partial charge in [-0.25, -0.2) is 8.93 Å². The smallest absolute Gasteiger partial charge is 0.369 e. The lowest BCUT2D eigenvalue weighted by molar-refractivity contribution is -0.139. The molecule has 1 aliphatic carbocycles. The average Bonchev–Trinajstić information content (AvgIpc) is 3.08. The third kappa shape index (κ3) is 6.07. The van der Waals surface area contributed by atoms with Crippen LogP contribution in [-0.4, -0.2) is 21.2 Å². The largest absolute Gasteiger partial charge is 0.417 e. The van der Waals surface area contributed by atoms with E-state index in [1.807, 2.05) is 11.5 Å². The molecule has 2 aromatic rings. The molecular weight excluding hydrogens is 483 g/mol. The molecule has 1 amide bonds. The first kappa shape index (κ1) is 26.8. The van der Waals surface area contributed by atoms with Crippen LogP contribution in [0.3, 0.4) is 0 Å². The second-order valence-corrected chi connectivity index (χ2v) is 11.4. The molecule has 34 heavy (non-hydrogen) atoms. The molecule has 1 unspecified atom stereocenters. The number of aromatic nitrogens is 1. The number of hydrogen-bond donors (Lipinski definition) is 3. The predicted octanol–water partition coefficient (Wildman–Crippen LogP) is 5.48. The van der Waals surface area contributed by atoms with Crippen LogP contribution in [0, 0.1) is 18.3 Å². The number of nitrogens with two attached hydrogens (primary N) is 1. The van der Waals surface area contributed by atoms with Gasteiger partial charge in [-0.3, -0.25) is 4.79 Å². The molecule has 188 valence electrons. The molecule has 0 saturated heterocycles. The summed E-state index contributed by atoms with van der Waals surface area (Å²) in [6.45, 7) is 5.89. The summed E-state index contributed by atoms with van der Waals surface area (Å²) in [5, 5.41) is 0. The Balaban J connectivity index is 2.02. The minimum Gasteiger partial charge on any atom is -0.369 e. The van der Waals surface area contributed by atoms with Crippen LogP contribution in [-0.2, 0) is 28.5 Å². The second kappa shape index (κ2) is 10.5. The van der Waals surface area contributed by atoms with Crippen molar-refractivity contribution >= 4 is 29.5 Å². The Hall–Kier alpha value is -1.78. The third-order valence-electron chi connectivity index (χ3n) is 6.60. The molecule has 0 aliphatic heterocycles. The molecule has 0 bridgehead atoms. The minimum absolute atomic E-state index is 0.101. The Bertz CT molecular complexity index is 1070. The van der Waals surface area contributed by atoms with Gasteiger partial charge in [0, 0.05) is 29.4 Å². The van der Waals surface area contributed by atoms with Crippen molar-refractivity contribution in [1.29, 1.82) is 0 Å². The topological polar surface area (TPSA) is 77.1 Å². The highest BCUT2D eigenvalue weighted by molar-refractivity contribution is 7.83. The normalized spacial score (nSPS) is 16.6. The average molecular weight is 516 g/mol. The van der Waals surface area contributed by atoms with Crippen LogP contribution >= 0.6 is 12.6 Å². The highest BCUT2D eigenvalue weighted by Gasteiger charge is 2.34. The van der Waals surface area contributed by atoms with Gasteiger partial charge in [0.1, 0.15) is 11.0 Å². The fourth-order valence-electron chi connectivity index (χ4n) is 4.24. The number of benzene rings is 1. The highest BCUT2D eigenvalue weighted by atomic mass is 32.2. The van der Waals surface area contributed by atoms with Crippen molar-refractivity contribution in [3.8, 4) is 11.3 Å². The Morgan fingerprint density at radius 1 is 1.21 bits per heavy atom. The van der Waals surface area contributed by atoms with Gasteiger partial charge in [0.05, 0.1) is 15.9 Å². The van der Waals surface area contributed by atoms with Crippen LogP contribution < -0.4 is 10.5 Å². The van der Waals surface area contributed by atoms with E-state index in [0.717, 1.165) is 37.4 Å². The summed E-state index contributed by atoms with van der Waals surface area (Å²) in [5.41, 5.74) is 5.41. The van der Waals surface area contributed by atoms with Gasteiger partial charge in [0.25, 0.3) is 0 Å². The number of nitrogens with one attached hydrogen (secondary N) is 1. The molecule has 1 aliphatic rings. The molecule has 3 N–H and O–H groups in total. The molecule has 1 heterocycles. The Kier molecular flexibility index (Phi) is 8.25. The number of hydrogen-bond acceptors (Lipinski definition) is 3. The van der Waals surface area contributed by atoms with Crippen LogP contribution in [0.2, 0.25) is 0 Å². The predicted molar refractivity (Wildman–Crippen MR) is 131 cm³/mol. The minimum atomic E-state index is -4.53. The maximum atomic E-state index is 13.6. The SMILES string of the molecule is Cc1c(S(=O)NCC(C)(C)C(N)=O)cc(-c2ccc(S)c(C(F)(F)F)c2)n1CC1CCCCC1. The number of carbonyl (C=O) groups is 1. The monoisotopic (exact) mass is 515 g/mol. The Morgan fingerprint density at radius 3 is 2.44 bits per heavy atom. The van der Waals surface area contributed by atoms with Gasteiger partial charge in [-0.1, -0.05) is 25.3 Å². The first-order chi connectivity index (χ1) is 15.8. The lowest BCUT2D eigenvalue weighted by Crippen LogP contribution is -2.41. The summed E-state index contributed by atoms with van der Waals surface area (Å²) in [6.07, 6.45) is 1.05. The first-order valence-electron chi connectivity index (χ1n) is 11.4. The summed E-state index contributed by atoms with van der Waals surface area (Å²) in [6, 6.07) is 5.75. The number of rotatable bonds is 8. The van der Waals surface area contributed by atoms with Gasteiger partial charge < -0.3 is 10.3 Å². The molecule has 3 rings (SSSR count). The standard InChI is InChI=1S/C24H32F3N3O2S2/c1-15-21(34(32)29-14-23(2,3)22(28)31)12-19(30(15)13-16-7-5-4-6-8-16)17-9-10-20(33)18(11-17)24(25,26)27/h9-12,16,29,33H,4-8,13-14H2,1-3H3,(H2,28,31). The molecule has 0 radical (unpaired) electrons. The van der Waals surface area contributed by atoms with E-state index in [1.54, 1.807) is 26.0 Å². The molecule has 10 heteroatoms. The number of thiol groups is 1. The number of amides is 1. The van der Waals surface area contributed by atoms with Crippen LogP contribution in [0.5, 0.6) is 0 Å². The van der Waals surface area contributed by atoms with Gasteiger partial charge in [0.15, 0.2) is 0 Å². The van der Waals surface area contributed by atoms with Gasteiger partial charge >= 0.3 is 6.18 Å². The third-order valence-corrected chi connectivity index (χ3v) is 8.20. The van der Waals surface area contributed by atoms with Gasteiger partial charge in [0.2, 0.25) is 5.91 Å². The molecule has 1 fully saturated rings. The zero-order valence-electron chi connectivity index (χ0n) is 19.7. The van der Waals surface area contributed by atoms with Gasteiger partial charge in [-0.05, 0) is 63.3 Å². The van der Waals surface area contributed by atoms with E-state index in [4.69, 9.17) is 5.73 Å². The summed E-state index contributed by atoms with van der Waals surface area (Å²) in [4.78, 5) is 12.0. The zero-order valence-corrected chi connectivity index (χ0v) is 21.4. The van der Waals surface area contributed by atoms with Crippen molar-refractivity contribution in [1.82, 2.24) is 9.29 Å². The van der Waals surface area contributed by atoms with Crippen molar-refractivity contribution in [3.05, 3.63) is 35.5 Å². The van der Waals surface area contributed by atoms with E-state index in [-0.39, 0.29) is 11.4 Å². The maximum absolute atomic E-state index is 13.6. The van der Waals surface area contributed by atoms with Gasteiger partial charge in [-0.15, -0.1) is 12.6 Å². The van der Waals surface area contributed by atoms with Crippen LogP contribution in [0.1, 0.15) is 57.2 Å². The zero-order chi connectivity index (χ0) is 25.3. The van der Waals surface area contributed by atoms with Crippen LogP contribution in [0.4, 0.5) is 13.2 Å². The number of primary amides is 1. The lowest BCUT2D eigenvalue weighted by Gasteiger charge is -2.24. The number of halogens is 3. The fourth-order valence-corrected chi connectivity index (χ4v) is 5.75. The fraction of sp³-hybridized carbons (Fsp3) is 0.542. The quantitative estimate of drug-likeness (QED) is 0.408. The van der Waals surface area contributed by atoms with Crippen molar-refractivity contribution in [2.45, 2.75) is 75.4 Å². The van der Waals surface area contributed by atoms with Crippen molar-refractivity contribution in [3.63, 3.8) is 0 Å². The summed E-state index contributed by atoms with van der Waals surface area (Å²) >= 11 is 3.99. The molecule has 1 aromatic carbocycles. The Morgan fingerprint density at radius 2 is 1.85 bits per heavy atom. The lowest BCUT2D eigenvalue weighted by atomic mass is 9.89. The number of carbonyl (C=O) groups excluding carboxylic acids is 1. The molecule has 1 aromatic heterocycles. The highest BCUT2D eigenvalue weighted by Crippen LogP contribution is 2.38. The van der Waals surface area contributed by atoms with E-state index >= 15 is 0 Å². The molecule has 5 nitrogen and oxygen atoms in total. The summed E-state index contributed by atoms with van der Waals surface area (Å²) in [7, 11) is -1.67. The van der Waals surface area contributed by atoms with Crippen LogP contribution in [0.25, 0.3) is 11.3 Å². The van der Waals surface area contributed by atoms with E-state index in [0.29, 0.717) is 28.6 Å². The maximum Gasteiger partial charge on any atom is 0.417 e. The molecule has 1 saturated carbocycles. The molecular formula is C24H32F3N3O2S2. The van der Waals surface area contributed by atoms with E-state index in [2.05, 4.69) is 17.4 Å². The first-order valence-corrected chi connectivity index (χ1v) is 13.0. The van der Waals surface area contributed by atoms with E-state index in [9.17, 15) is 22.2 Å². The second-order valence-electron chi connectivity index (χ2n) is 9.66. The van der Waals surface area contributed by atoms with Crippen molar-refractivity contribution < 1.29 is 22.2 Å². The number of alkyl halides is 3. The van der Waals surface area contributed by atoms with Crippen LogP contribution in [0.15, 0.2) is 34.1 Å². The summed E-state index contributed by atoms with van der Waals surface area (Å²) in [5.74, 6) is -0.108. The van der Waals surface area contributed by atoms with E-state index < -0.39 is 34.0 Å². The van der Waals surface area contributed by atoms with Crippen molar-refractivity contribution in [2.75, 3.05) is 6.54 Å². The Labute approximate surface area is 206 Å². The molecule has 1 atom stereocenters. The summed E-state index contributed by atoms with van der Waals surface area (Å²) < 4.78 is 58.7. The van der Waals surface area contributed by atoms with Gasteiger partial charge in [-0.2, -0.15) is 13.2 Å². The molecule has 0 spiro atoms. The van der Waals surface area contributed by atoms with E-state index in [1.165, 1.54) is 12.5 Å². The van der Waals surface area contributed by atoms with Crippen molar-refractivity contribution in [2.24, 2.45) is 17.1 Å². The number of nitrogens with zero attached hydrogens (tertiary/aromatic N) is 1.